The van der Waals surface area contributed by atoms with Gasteiger partial charge in [-0.15, -0.1) is 11.8 Å². The number of ether oxygens (including phenoxy) is 1. The average molecular weight is 423 g/mol. The number of nitriles is 1. The van der Waals surface area contributed by atoms with Gasteiger partial charge in [0.25, 0.3) is 5.91 Å². The van der Waals surface area contributed by atoms with Crippen molar-refractivity contribution in [1.29, 1.82) is 5.26 Å². The number of imide groups is 1. The molecule has 0 aliphatic carbocycles. The molecule has 3 amide bonds. The molecule has 30 heavy (non-hydrogen) atoms. The second-order valence-electron chi connectivity index (χ2n) is 7.33. The van der Waals surface area contributed by atoms with Crippen LogP contribution >= 0.6 is 11.8 Å². The SMILES string of the molecule is CN1C(=O)N(CC(=O)CSc2ccc(Oc3ccc(C#N)cc3)cc2)C(=O)C1(C)C. The summed E-state index contributed by atoms with van der Waals surface area (Å²) in [5.41, 5.74) is -0.374. The third-order valence-corrected chi connectivity index (χ3v) is 5.97. The van der Waals surface area contributed by atoms with E-state index in [1.165, 1.54) is 16.7 Å². The summed E-state index contributed by atoms with van der Waals surface area (Å²) in [6.45, 7) is 3.10. The molecule has 8 heteroatoms. The van der Waals surface area contributed by atoms with Gasteiger partial charge in [-0.2, -0.15) is 5.26 Å². The Morgan fingerprint density at radius 1 is 1.07 bits per heavy atom. The van der Waals surface area contributed by atoms with Crippen LogP contribution in [-0.4, -0.2) is 52.4 Å². The Bertz CT molecular complexity index is 1010. The van der Waals surface area contributed by atoms with Gasteiger partial charge in [0.05, 0.1) is 23.9 Å². The van der Waals surface area contributed by atoms with Crippen LogP contribution in [0.4, 0.5) is 4.79 Å². The third-order valence-electron chi connectivity index (χ3n) is 4.90. The monoisotopic (exact) mass is 423 g/mol. The molecule has 0 unspecified atom stereocenters. The Morgan fingerprint density at radius 2 is 1.63 bits per heavy atom. The zero-order valence-electron chi connectivity index (χ0n) is 16.9. The number of thioether (sulfide) groups is 1. The molecule has 0 spiro atoms. The summed E-state index contributed by atoms with van der Waals surface area (Å²) in [4.78, 5) is 40.1. The van der Waals surface area contributed by atoms with Crippen LogP contribution in [-0.2, 0) is 9.59 Å². The number of ketones is 1. The van der Waals surface area contributed by atoms with Crippen molar-refractivity contribution >= 4 is 29.5 Å². The number of hydrogen-bond acceptors (Lipinski definition) is 6. The summed E-state index contributed by atoms with van der Waals surface area (Å²) < 4.78 is 5.73. The maximum Gasteiger partial charge on any atom is 0.327 e. The van der Waals surface area contributed by atoms with Crippen molar-refractivity contribution in [3.63, 3.8) is 0 Å². The summed E-state index contributed by atoms with van der Waals surface area (Å²) >= 11 is 1.33. The van der Waals surface area contributed by atoms with E-state index in [1.807, 2.05) is 12.1 Å². The van der Waals surface area contributed by atoms with E-state index in [9.17, 15) is 14.4 Å². The molecule has 1 aliphatic rings. The molecule has 1 saturated heterocycles. The van der Waals surface area contributed by atoms with Crippen LogP contribution in [0.15, 0.2) is 53.4 Å². The molecule has 3 rings (SSSR count). The van der Waals surface area contributed by atoms with E-state index in [-0.39, 0.29) is 24.0 Å². The second kappa shape index (κ2) is 8.59. The number of rotatable bonds is 7. The lowest BCUT2D eigenvalue weighted by molar-refractivity contribution is -0.134. The summed E-state index contributed by atoms with van der Waals surface area (Å²) in [5, 5.41) is 8.82. The zero-order chi connectivity index (χ0) is 21.9. The number of urea groups is 1. The van der Waals surface area contributed by atoms with Gasteiger partial charge >= 0.3 is 6.03 Å². The third kappa shape index (κ3) is 4.47. The maximum absolute atomic E-state index is 12.4. The minimum absolute atomic E-state index is 0.150. The van der Waals surface area contributed by atoms with E-state index in [1.54, 1.807) is 57.3 Å². The van der Waals surface area contributed by atoms with Crippen molar-refractivity contribution < 1.29 is 19.1 Å². The number of amides is 3. The molecule has 154 valence electrons. The van der Waals surface area contributed by atoms with Gasteiger partial charge in [-0.3, -0.25) is 14.5 Å². The van der Waals surface area contributed by atoms with Crippen LogP contribution in [0.2, 0.25) is 0 Å². The predicted molar refractivity (Wildman–Crippen MR) is 112 cm³/mol. The maximum atomic E-state index is 12.4. The normalized spacial score (nSPS) is 15.3. The van der Waals surface area contributed by atoms with Gasteiger partial charge in [-0.1, -0.05) is 0 Å². The van der Waals surface area contributed by atoms with Crippen molar-refractivity contribution in [2.75, 3.05) is 19.3 Å². The van der Waals surface area contributed by atoms with E-state index >= 15 is 0 Å². The van der Waals surface area contributed by atoms with Crippen LogP contribution in [0, 0.1) is 11.3 Å². The van der Waals surface area contributed by atoms with Gasteiger partial charge in [-0.05, 0) is 62.4 Å². The van der Waals surface area contributed by atoms with E-state index in [0.29, 0.717) is 17.1 Å². The average Bonchev–Trinajstić information content (AvgIpc) is 2.88. The van der Waals surface area contributed by atoms with Gasteiger partial charge in [0.1, 0.15) is 17.0 Å². The predicted octanol–water partition coefficient (Wildman–Crippen LogP) is 3.68. The number of nitrogens with zero attached hydrogens (tertiary/aromatic N) is 3. The number of benzene rings is 2. The quantitative estimate of drug-likeness (QED) is 0.498. The molecule has 1 fully saturated rings. The number of Topliss-reactive ketones (excluding diaryl/α,β-unsaturated/α-hetero) is 1. The van der Waals surface area contributed by atoms with Gasteiger partial charge in [0, 0.05) is 11.9 Å². The molecular formula is C22H21N3O4S. The van der Waals surface area contributed by atoms with E-state index in [4.69, 9.17) is 10.00 Å². The molecule has 0 bridgehead atoms. The standard InChI is InChI=1S/C22H21N3O4S/c1-22(2)20(27)25(21(28)24(22)3)13-16(26)14-30-19-10-8-18(9-11-19)29-17-6-4-15(12-23)5-7-17/h4-11H,13-14H2,1-3H3. The highest BCUT2D eigenvalue weighted by atomic mass is 32.2. The Balaban J connectivity index is 1.52. The number of likely N-dealkylation sites (N-methyl/N-ethyl adjacent to an activating group) is 1. The van der Waals surface area contributed by atoms with Crippen molar-refractivity contribution in [1.82, 2.24) is 9.80 Å². The van der Waals surface area contributed by atoms with Crippen LogP contribution in [0.3, 0.4) is 0 Å². The lowest BCUT2D eigenvalue weighted by Crippen LogP contribution is -2.42. The topological polar surface area (TPSA) is 90.7 Å². The Morgan fingerprint density at radius 3 is 2.13 bits per heavy atom. The van der Waals surface area contributed by atoms with Crippen molar-refractivity contribution in [2.45, 2.75) is 24.3 Å². The first kappa shape index (κ1) is 21.4. The molecule has 2 aromatic carbocycles. The minimum atomic E-state index is -0.935. The van der Waals surface area contributed by atoms with Gasteiger partial charge < -0.3 is 9.64 Å². The van der Waals surface area contributed by atoms with Crippen molar-refractivity contribution in [3.8, 4) is 17.6 Å². The van der Waals surface area contributed by atoms with Crippen molar-refractivity contribution in [3.05, 3.63) is 54.1 Å². The number of carbonyl (C=O) groups excluding carboxylic acids is 3. The highest BCUT2D eigenvalue weighted by Crippen LogP contribution is 2.27. The molecule has 0 aromatic heterocycles. The first-order chi connectivity index (χ1) is 14.2. The molecular weight excluding hydrogens is 402 g/mol. The molecule has 0 radical (unpaired) electrons. The fraction of sp³-hybridized carbons (Fsp3) is 0.273. The lowest BCUT2D eigenvalue weighted by atomic mass is 10.1. The van der Waals surface area contributed by atoms with Crippen LogP contribution in [0.25, 0.3) is 0 Å². The fourth-order valence-corrected chi connectivity index (χ4v) is 3.59. The number of hydrogen-bond donors (Lipinski definition) is 0. The van der Waals surface area contributed by atoms with E-state index < -0.39 is 11.6 Å². The Hall–Kier alpha value is -3.31. The highest BCUT2D eigenvalue weighted by Gasteiger charge is 2.49. The van der Waals surface area contributed by atoms with E-state index in [0.717, 1.165) is 9.80 Å². The van der Waals surface area contributed by atoms with Crippen LogP contribution in [0.1, 0.15) is 19.4 Å². The molecule has 0 N–H and O–H groups in total. The van der Waals surface area contributed by atoms with Gasteiger partial charge in [0.2, 0.25) is 0 Å². The van der Waals surface area contributed by atoms with Gasteiger partial charge in [0.15, 0.2) is 5.78 Å². The summed E-state index contributed by atoms with van der Waals surface area (Å²) in [7, 11) is 1.56. The smallest absolute Gasteiger partial charge is 0.327 e. The summed E-state index contributed by atoms with van der Waals surface area (Å²) in [6, 6.07) is 15.6. The molecule has 2 aromatic rings. The number of carbonyl (C=O) groups is 3. The first-order valence-electron chi connectivity index (χ1n) is 9.24. The van der Waals surface area contributed by atoms with Crippen LogP contribution < -0.4 is 4.74 Å². The van der Waals surface area contributed by atoms with Gasteiger partial charge in [-0.25, -0.2) is 4.79 Å². The summed E-state index contributed by atoms with van der Waals surface area (Å²) in [5.74, 6) is 0.839. The molecule has 0 saturated carbocycles. The molecule has 1 heterocycles. The van der Waals surface area contributed by atoms with Crippen molar-refractivity contribution in [2.24, 2.45) is 0 Å². The molecule has 1 aliphatic heterocycles. The Labute approximate surface area is 179 Å². The summed E-state index contributed by atoms with van der Waals surface area (Å²) in [6.07, 6.45) is 0. The fourth-order valence-electron chi connectivity index (χ4n) is 2.84. The lowest BCUT2D eigenvalue weighted by Gasteiger charge is -2.22. The Kier molecular flexibility index (Phi) is 6.13. The highest BCUT2D eigenvalue weighted by molar-refractivity contribution is 8.00. The second-order valence-corrected chi connectivity index (χ2v) is 8.38. The first-order valence-corrected chi connectivity index (χ1v) is 10.2. The zero-order valence-corrected chi connectivity index (χ0v) is 17.7. The van der Waals surface area contributed by atoms with Crippen LogP contribution in [0.5, 0.6) is 11.5 Å². The molecule has 0 atom stereocenters. The molecule has 7 nitrogen and oxygen atoms in total. The van der Waals surface area contributed by atoms with E-state index in [2.05, 4.69) is 6.07 Å². The largest absolute Gasteiger partial charge is 0.457 e. The minimum Gasteiger partial charge on any atom is -0.457 e.